The van der Waals surface area contributed by atoms with Crippen molar-refractivity contribution in [2.24, 2.45) is 11.1 Å². The topological polar surface area (TPSA) is 57.9 Å². The molecule has 2 aromatic rings. The van der Waals surface area contributed by atoms with Crippen molar-refractivity contribution >= 4 is 12.4 Å². The molecule has 1 unspecified atom stereocenters. The van der Waals surface area contributed by atoms with E-state index in [1.807, 2.05) is 6.20 Å². The number of hydrogen-bond donors (Lipinski definition) is 2. The average molecular weight is 335 g/mol. The van der Waals surface area contributed by atoms with Crippen LogP contribution in [0.5, 0.6) is 0 Å². The number of aromatic nitrogens is 2. The predicted octanol–water partition coefficient (Wildman–Crippen LogP) is 3.37. The van der Waals surface area contributed by atoms with Gasteiger partial charge in [0.2, 0.25) is 0 Å². The maximum atomic E-state index is 6.24. The maximum absolute atomic E-state index is 6.24. The fourth-order valence-electron chi connectivity index (χ4n) is 3.26. The van der Waals surface area contributed by atoms with Gasteiger partial charge in [0.05, 0.1) is 11.9 Å². The summed E-state index contributed by atoms with van der Waals surface area (Å²) >= 11 is 0. The van der Waals surface area contributed by atoms with Crippen LogP contribution in [-0.2, 0) is 6.54 Å². The first-order valence-electron chi connectivity index (χ1n) is 8.03. The number of H-pyrrole nitrogens is 1. The number of benzene rings is 1. The summed E-state index contributed by atoms with van der Waals surface area (Å²) in [5, 5.41) is 7.42. The van der Waals surface area contributed by atoms with Crippen LogP contribution in [0.1, 0.15) is 31.4 Å². The Morgan fingerprint density at radius 2 is 2.00 bits per heavy atom. The fraction of sp³-hybridized carbons (Fsp3) is 0.500. The van der Waals surface area contributed by atoms with E-state index in [2.05, 4.69) is 60.1 Å². The molecule has 4 nitrogen and oxygen atoms in total. The summed E-state index contributed by atoms with van der Waals surface area (Å²) in [4.78, 5) is 2.49. The molecule has 0 saturated carbocycles. The lowest BCUT2D eigenvalue weighted by molar-refractivity contribution is 0.0900. The summed E-state index contributed by atoms with van der Waals surface area (Å²) in [5.41, 5.74) is 11.3. The van der Waals surface area contributed by atoms with Crippen LogP contribution in [0, 0.1) is 12.3 Å². The lowest BCUT2D eigenvalue weighted by atomic mass is 9.79. The number of rotatable bonds is 3. The van der Waals surface area contributed by atoms with Crippen molar-refractivity contribution in [3.05, 3.63) is 41.6 Å². The summed E-state index contributed by atoms with van der Waals surface area (Å²) in [5.74, 6) is 0. The van der Waals surface area contributed by atoms with E-state index in [-0.39, 0.29) is 17.8 Å². The summed E-state index contributed by atoms with van der Waals surface area (Å²) in [6.45, 7) is 9.66. The maximum Gasteiger partial charge on any atom is 0.0695 e. The van der Waals surface area contributed by atoms with Crippen LogP contribution >= 0.6 is 12.4 Å². The molecule has 0 aliphatic carbocycles. The highest BCUT2D eigenvalue weighted by atomic mass is 35.5. The van der Waals surface area contributed by atoms with Gasteiger partial charge in [-0.15, -0.1) is 12.4 Å². The Labute approximate surface area is 144 Å². The van der Waals surface area contributed by atoms with E-state index < -0.39 is 0 Å². The van der Waals surface area contributed by atoms with Crippen LogP contribution in [0.3, 0.4) is 0 Å². The first-order chi connectivity index (χ1) is 10.5. The van der Waals surface area contributed by atoms with Gasteiger partial charge < -0.3 is 5.73 Å². The molecule has 1 aliphatic rings. The van der Waals surface area contributed by atoms with E-state index >= 15 is 0 Å². The first-order valence-corrected chi connectivity index (χ1v) is 8.03. The van der Waals surface area contributed by atoms with E-state index in [0.29, 0.717) is 6.04 Å². The lowest BCUT2D eigenvalue weighted by Crippen LogP contribution is -2.52. The fourth-order valence-corrected chi connectivity index (χ4v) is 3.26. The highest BCUT2D eigenvalue weighted by molar-refractivity contribution is 5.85. The quantitative estimate of drug-likeness (QED) is 0.904. The first kappa shape index (κ1) is 18.0. The molecule has 0 bridgehead atoms. The van der Waals surface area contributed by atoms with Crippen LogP contribution in [0.25, 0.3) is 11.3 Å². The number of likely N-dealkylation sites (tertiary alicyclic amines) is 1. The van der Waals surface area contributed by atoms with Crippen LogP contribution in [0.2, 0.25) is 0 Å². The Bertz CT molecular complexity index is 633. The second kappa shape index (κ2) is 7.04. The number of nitrogens with one attached hydrogen (secondary N) is 1. The third-order valence-electron chi connectivity index (χ3n) is 4.84. The minimum atomic E-state index is 0. The number of hydrogen-bond acceptors (Lipinski definition) is 3. The molecule has 0 spiro atoms. The van der Waals surface area contributed by atoms with E-state index in [9.17, 15) is 0 Å². The number of nitrogens with two attached hydrogens (primary N) is 1. The van der Waals surface area contributed by atoms with Gasteiger partial charge in [0.1, 0.15) is 0 Å². The Balaban J connectivity index is 0.00000192. The molecule has 1 fully saturated rings. The molecule has 3 rings (SSSR count). The third kappa shape index (κ3) is 3.94. The van der Waals surface area contributed by atoms with Crippen LogP contribution in [-0.4, -0.2) is 34.2 Å². The summed E-state index contributed by atoms with van der Waals surface area (Å²) in [6, 6.07) is 8.89. The highest BCUT2D eigenvalue weighted by Gasteiger charge is 2.33. The average Bonchev–Trinajstić information content (AvgIpc) is 2.92. The number of aromatic amines is 1. The van der Waals surface area contributed by atoms with Gasteiger partial charge in [-0.05, 0) is 24.3 Å². The minimum absolute atomic E-state index is 0. The molecule has 2 heterocycles. The molecule has 0 amide bonds. The summed E-state index contributed by atoms with van der Waals surface area (Å²) < 4.78 is 0. The molecule has 1 aromatic heterocycles. The second-order valence-electron chi connectivity index (χ2n) is 7.23. The Kier molecular flexibility index (Phi) is 5.50. The van der Waals surface area contributed by atoms with E-state index in [0.717, 1.165) is 31.7 Å². The smallest absolute Gasteiger partial charge is 0.0695 e. The van der Waals surface area contributed by atoms with Gasteiger partial charge in [0, 0.05) is 31.2 Å². The van der Waals surface area contributed by atoms with E-state index in [4.69, 9.17) is 5.73 Å². The summed E-state index contributed by atoms with van der Waals surface area (Å²) in [6.07, 6.45) is 3.02. The summed E-state index contributed by atoms with van der Waals surface area (Å²) in [7, 11) is 0. The second-order valence-corrected chi connectivity index (χ2v) is 7.23. The zero-order valence-electron chi connectivity index (χ0n) is 14.2. The van der Waals surface area contributed by atoms with Crippen LogP contribution in [0.4, 0.5) is 0 Å². The van der Waals surface area contributed by atoms with Crippen LogP contribution < -0.4 is 5.73 Å². The van der Waals surface area contributed by atoms with E-state index in [1.165, 1.54) is 16.7 Å². The normalized spacial score (nSPS) is 21.0. The standard InChI is InChI=1S/C18H26N4.ClH/c1-13-4-6-14(7-5-13)17-15(10-20-21-17)11-22-9-8-16(19)18(2,3)12-22;/h4-7,10,16H,8-9,11-12,19H2,1-3H3,(H,20,21);1H. The lowest BCUT2D eigenvalue weighted by Gasteiger charge is -2.42. The van der Waals surface area contributed by atoms with Crippen LogP contribution in [0.15, 0.2) is 30.5 Å². The van der Waals surface area contributed by atoms with Crippen molar-refractivity contribution in [2.45, 2.75) is 39.8 Å². The van der Waals surface area contributed by atoms with Crippen molar-refractivity contribution in [3.63, 3.8) is 0 Å². The Morgan fingerprint density at radius 3 is 2.65 bits per heavy atom. The van der Waals surface area contributed by atoms with Gasteiger partial charge >= 0.3 is 0 Å². The molecule has 126 valence electrons. The number of nitrogens with zero attached hydrogens (tertiary/aromatic N) is 2. The molecule has 3 N–H and O–H groups in total. The molecule has 5 heteroatoms. The van der Waals surface area contributed by atoms with Gasteiger partial charge in [-0.1, -0.05) is 43.7 Å². The Morgan fingerprint density at radius 1 is 1.30 bits per heavy atom. The predicted molar refractivity (Wildman–Crippen MR) is 97.7 cm³/mol. The monoisotopic (exact) mass is 334 g/mol. The Hall–Kier alpha value is -1.36. The molecule has 1 atom stereocenters. The third-order valence-corrected chi connectivity index (χ3v) is 4.84. The molecule has 23 heavy (non-hydrogen) atoms. The molecule has 1 saturated heterocycles. The van der Waals surface area contributed by atoms with Gasteiger partial charge in [0.15, 0.2) is 0 Å². The van der Waals surface area contributed by atoms with Crippen molar-refractivity contribution in [3.8, 4) is 11.3 Å². The minimum Gasteiger partial charge on any atom is -0.327 e. The molecule has 1 aliphatic heterocycles. The highest BCUT2D eigenvalue weighted by Crippen LogP contribution is 2.30. The van der Waals surface area contributed by atoms with Crippen molar-refractivity contribution in [1.29, 1.82) is 0 Å². The number of piperidine rings is 1. The number of aryl methyl sites for hydroxylation is 1. The largest absolute Gasteiger partial charge is 0.327 e. The number of halogens is 1. The SMILES string of the molecule is Cc1ccc(-c2[nH]ncc2CN2CCC(N)C(C)(C)C2)cc1.Cl. The molecule has 0 radical (unpaired) electrons. The van der Waals surface area contributed by atoms with Gasteiger partial charge in [0.25, 0.3) is 0 Å². The van der Waals surface area contributed by atoms with Gasteiger partial charge in [-0.3, -0.25) is 10.00 Å². The molecule has 1 aromatic carbocycles. The van der Waals surface area contributed by atoms with E-state index in [1.54, 1.807) is 0 Å². The van der Waals surface area contributed by atoms with Crippen molar-refractivity contribution in [1.82, 2.24) is 15.1 Å². The molecular formula is C18H27ClN4. The van der Waals surface area contributed by atoms with Crippen molar-refractivity contribution < 1.29 is 0 Å². The zero-order chi connectivity index (χ0) is 15.7. The molecular weight excluding hydrogens is 308 g/mol. The zero-order valence-corrected chi connectivity index (χ0v) is 15.0. The van der Waals surface area contributed by atoms with Crippen molar-refractivity contribution in [2.75, 3.05) is 13.1 Å². The van der Waals surface area contributed by atoms with Gasteiger partial charge in [-0.25, -0.2) is 0 Å². The van der Waals surface area contributed by atoms with Gasteiger partial charge in [-0.2, -0.15) is 5.10 Å².